The Morgan fingerprint density at radius 1 is 1.11 bits per heavy atom. The van der Waals surface area contributed by atoms with Crippen LogP contribution in [-0.4, -0.2) is 48.0 Å². The predicted molar refractivity (Wildman–Crippen MR) is 110 cm³/mol. The van der Waals surface area contributed by atoms with E-state index in [0.29, 0.717) is 5.92 Å². The number of piperidine rings is 1. The Balaban J connectivity index is 1.45. The Labute approximate surface area is 168 Å². The second kappa shape index (κ2) is 5.99. The standard InChI is InChI=1S/C22H32BNO4/c1-19(2,3)26-18(25)24-13-16-12-22(16,14-24)15-8-10-17(11-9-15)23-27-20(4,5)21(6,7)28-23/h8-11,16H,12-14H2,1-7H3/t16-,22?/m1/s1. The van der Waals surface area contributed by atoms with Gasteiger partial charge in [-0.1, -0.05) is 24.3 Å². The molecule has 1 unspecified atom stereocenters. The van der Waals surface area contributed by atoms with Gasteiger partial charge in [0.1, 0.15) is 5.60 Å². The molecule has 6 heteroatoms. The average Bonchev–Trinajstić information content (AvgIpc) is 3.04. The van der Waals surface area contributed by atoms with E-state index >= 15 is 0 Å². The molecule has 0 N–H and O–H groups in total. The molecule has 1 aliphatic carbocycles. The zero-order valence-electron chi connectivity index (χ0n) is 18.2. The minimum Gasteiger partial charge on any atom is -0.444 e. The lowest BCUT2D eigenvalue weighted by atomic mass is 9.78. The summed E-state index contributed by atoms with van der Waals surface area (Å²) in [4.78, 5) is 14.3. The van der Waals surface area contributed by atoms with Crippen LogP contribution < -0.4 is 5.46 Å². The highest BCUT2D eigenvalue weighted by Crippen LogP contribution is 2.59. The number of carbonyl (C=O) groups excluding carboxylic acids is 1. The minimum absolute atomic E-state index is 0.0887. The average molecular weight is 385 g/mol. The highest BCUT2D eigenvalue weighted by molar-refractivity contribution is 6.62. The van der Waals surface area contributed by atoms with E-state index in [4.69, 9.17) is 14.0 Å². The summed E-state index contributed by atoms with van der Waals surface area (Å²) in [7, 11) is -0.339. The molecule has 5 nitrogen and oxygen atoms in total. The maximum atomic E-state index is 12.4. The lowest BCUT2D eigenvalue weighted by Gasteiger charge is -2.32. The van der Waals surface area contributed by atoms with E-state index in [2.05, 4.69) is 52.0 Å². The molecule has 1 amide bonds. The summed E-state index contributed by atoms with van der Waals surface area (Å²) in [5, 5.41) is 0. The molecule has 1 aromatic carbocycles. The van der Waals surface area contributed by atoms with Gasteiger partial charge in [-0.2, -0.15) is 0 Å². The molecule has 1 saturated carbocycles. The summed E-state index contributed by atoms with van der Waals surface area (Å²) in [6.07, 6.45) is 0.940. The summed E-state index contributed by atoms with van der Waals surface area (Å²) >= 11 is 0. The van der Waals surface area contributed by atoms with Crippen molar-refractivity contribution in [2.45, 2.75) is 77.1 Å². The van der Waals surface area contributed by atoms with Gasteiger partial charge in [0.25, 0.3) is 0 Å². The molecule has 0 spiro atoms. The Kier molecular flexibility index (Phi) is 4.23. The Morgan fingerprint density at radius 2 is 1.68 bits per heavy atom. The zero-order chi connectivity index (χ0) is 20.5. The molecule has 2 atom stereocenters. The molecule has 2 heterocycles. The van der Waals surface area contributed by atoms with Crippen molar-refractivity contribution in [1.29, 1.82) is 0 Å². The van der Waals surface area contributed by atoms with Gasteiger partial charge in [-0.15, -0.1) is 0 Å². The van der Waals surface area contributed by atoms with Gasteiger partial charge in [-0.25, -0.2) is 4.79 Å². The zero-order valence-corrected chi connectivity index (χ0v) is 18.2. The van der Waals surface area contributed by atoms with Crippen molar-refractivity contribution in [1.82, 2.24) is 4.90 Å². The third-order valence-electron chi connectivity index (χ3n) is 6.81. The van der Waals surface area contributed by atoms with E-state index in [1.54, 1.807) is 0 Å². The maximum absolute atomic E-state index is 12.4. The molecule has 0 radical (unpaired) electrons. The van der Waals surface area contributed by atoms with E-state index in [1.165, 1.54) is 5.56 Å². The van der Waals surface area contributed by atoms with Gasteiger partial charge >= 0.3 is 13.2 Å². The number of likely N-dealkylation sites (tertiary alicyclic amines) is 1. The first-order chi connectivity index (χ1) is 12.8. The summed E-state index contributed by atoms with van der Waals surface area (Å²) in [5.41, 5.74) is 1.29. The second-order valence-electron chi connectivity index (χ2n) is 10.6. The fourth-order valence-corrected chi connectivity index (χ4v) is 4.35. The molecule has 0 aromatic heterocycles. The van der Waals surface area contributed by atoms with Crippen LogP contribution in [0.25, 0.3) is 0 Å². The third-order valence-corrected chi connectivity index (χ3v) is 6.81. The van der Waals surface area contributed by atoms with Crippen molar-refractivity contribution in [3.63, 3.8) is 0 Å². The Hall–Kier alpha value is -1.53. The SMILES string of the molecule is CC(C)(C)OC(=O)N1C[C@H]2CC2(c2ccc(B3OC(C)(C)C(C)(C)O3)cc2)C1. The number of carbonyl (C=O) groups is 1. The second-order valence-corrected chi connectivity index (χ2v) is 10.6. The molecule has 0 bridgehead atoms. The largest absolute Gasteiger partial charge is 0.494 e. The fourth-order valence-electron chi connectivity index (χ4n) is 4.35. The topological polar surface area (TPSA) is 48.0 Å². The van der Waals surface area contributed by atoms with Crippen LogP contribution in [0.3, 0.4) is 0 Å². The monoisotopic (exact) mass is 385 g/mol. The first kappa shape index (κ1) is 19.8. The normalized spacial score (nSPS) is 30.3. The Morgan fingerprint density at radius 3 is 2.21 bits per heavy atom. The van der Waals surface area contributed by atoms with Crippen LogP contribution in [0.15, 0.2) is 24.3 Å². The van der Waals surface area contributed by atoms with Gasteiger partial charge in [0.2, 0.25) is 0 Å². The highest BCUT2D eigenvalue weighted by atomic mass is 16.7. The van der Waals surface area contributed by atoms with Gasteiger partial charge in [-0.3, -0.25) is 0 Å². The van der Waals surface area contributed by atoms with Crippen molar-refractivity contribution in [3.05, 3.63) is 29.8 Å². The number of nitrogens with zero attached hydrogens (tertiary/aromatic N) is 1. The number of benzene rings is 1. The number of hydrogen-bond acceptors (Lipinski definition) is 4. The summed E-state index contributed by atoms with van der Waals surface area (Å²) in [6.45, 7) is 15.5. The van der Waals surface area contributed by atoms with Gasteiger partial charge in [0.05, 0.1) is 11.2 Å². The summed E-state index contributed by atoms with van der Waals surface area (Å²) in [6, 6.07) is 8.58. The number of ether oxygens (including phenoxy) is 1. The van der Waals surface area contributed by atoms with Crippen molar-refractivity contribution in [2.75, 3.05) is 13.1 Å². The highest BCUT2D eigenvalue weighted by Gasteiger charge is 2.62. The summed E-state index contributed by atoms with van der Waals surface area (Å²) in [5.74, 6) is 0.530. The molecular weight excluding hydrogens is 353 g/mol. The van der Waals surface area contributed by atoms with Crippen LogP contribution in [0.1, 0.15) is 60.5 Å². The quantitative estimate of drug-likeness (QED) is 0.732. The molecule has 4 rings (SSSR count). The van der Waals surface area contributed by atoms with Gasteiger partial charge in [0.15, 0.2) is 0 Å². The smallest absolute Gasteiger partial charge is 0.444 e. The Bertz CT molecular complexity index is 767. The predicted octanol–water partition coefficient (Wildman–Crippen LogP) is 3.49. The number of hydrogen-bond donors (Lipinski definition) is 0. The van der Waals surface area contributed by atoms with Gasteiger partial charge < -0.3 is 18.9 Å². The summed E-state index contributed by atoms with van der Waals surface area (Å²) < 4.78 is 17.9. The van der Waals surface area contributed by atoms with E-state index in [1.807, 2.05) is 25.7 Å². The van der Waals surface area contributed by atoms with Crippen molar-refractivity contribution < 1.29 is 18.8 Å². The number of amides is 1. The third kappa shape index (κ3) is 3.24. The van der Waals surface area contributed by atoms with Crippen molar-refractivity contribution in [2.24, 2.45) is 5.92 Å². The van der Waals surface area contributed by atoms with Crippen LogP contribution in [0, 0.1) is 5.92 Å². The molecule has 3 aliphatic rings. The van der Waals surface area contributed by atoms with Crippen molar-refractivity contribution >= 4 is 18.7 Å². The number of rotatable bonds is 2. The van der Waals surface area contributed by atoms with E-state index in [0.717, 1.165) is 25.0 Å². The van der Waals surface area contributed by atoms with Crippen LogP contribution in [0.5, 0.6) is 0 Å². The molecule has 3 fully saturated rings. The first-order valence-corrected chi connectivity index (χ1v) is 10.3. The lowest BCUT2D eigenvalue weighted by molar-refractivity contribution is 0.00578. The van der Waals surface area contributed by atoms with Crippen LogP contribution >= 0.6 is 0 Å². The van der Waals surface area contributed by atoms with E-state index in [-0.39, 0.29) is 29.8 Å². The molecular formula is C22H32BNO4. The van der Waals surface area contributed by atoms with Gasteiger partial charge in [0, 0.05) is 18.5 Å². The molecule has 28 heavy (non-hydrogen) atoms. The van der Waals surface area contributed by atoms with E-state index < -0.39 is 5.60 Å². The lowest BCUT2D eigenvalue weighted by Crippen LogP contribution is -2.41. The van der Waals surface area contributed by atoms with Gasteiger partial charge in [-0.05, 0) is 71.8 Å². The first-order valence-electron chi connectivity index (χ1n) is 10.3. The van der Waals surface area contributed by atoms with Crippen LogP contribution in [-0.2, 0) is 19.5 Å². The van der Waals surface area contributed by atoms with Crippen LogP contribution in [0.2, 0.25) is 0 Å². The fraction of sp³-hybridized carbons (Fsp3) is 0.682. The minimum atomic E-state index is -0.457. The number of fused-ring (bicyclic) bond motifs is 1. The molecule has 1 aromatic rings. The molecule has 152 valence electrons. The molecule has 2 saturated heterocycles. The molecule has 2 aliphatic heterocycles. The van der Waals surface area contributed by atoms with Crippen molar-refractivity contribution in [3.8, 4) is 0 Å². The van der Waals surface area contributed by atoms with E-state index in [9.17, 15) is 4.79 Å². The maximum Gasteiger partial charge on any atom is 0.494 e. The van der Waals surface area contributed by atoms with Crippen LogP contribution in [0.4, 0.5) is 4.79 Å².